The standard InChI is InChI=1S/C9H14BrNS/c1-9(2,3)8(11)6-4-12-5-7(6)10/h4-5,8H,11H2,1-3H3. The molecule has 1 atom stereocenters. The summed E-state index contributed by atoms with van der Waals surface area (Å²) in [5.74, 6) is 0. The van der Waals surface area contributed by atoms with E-state index in [1.165, 1.54) is 5.56 Å². The van der Waals surface area contributed by atoms with Crippen LogP contribution in [0.25, 0.3) is 0 Å². The summed E-state index contributed by atoms with van der Waals surface area (Å²) >= 11 is 5.17. The largest absolute Gasteiger partial charge is 0.323 e. The number of rotatable bonds is 1. The van der Waals surface area contributed by atoms with Crippen molar-refractivity contribution in [3.8, 4) is 0 Å². The van der Waals surface area contributed by atoms with Crippen molar-refractivity contribution in [2.24, 2.45) is 11.1 Å². The van der Waals surface area contributed by atoms with Gasteiger partial charge in [-0.3, -0.25) is 0 Å². The molecular formula is C9H14BrNS. The van der Waals surface area contributed by atoms with Gasteiger partial charge in [0.05, 0.1) is 0 Å². The highest BCUT2D eigenvalue weighted by atomic mass is 79.9. The third-order valence-electron chi connectivity index (χ3n) is 1.91. The van der Waals surface area contributed by atoms with Crippen molar-refractivity contribution in [3.05, 3.63) is 20.8 Å². The highest BCUT2D eigenvalue weighted by Crippen LogP contribution is 2.36. The summed E-state index contributed by atoms with van der Waals surface area (Å²) in [6, 6.07) is 0.109. The van der Waals surface area contributed by atoms with Gasteiger partial charge in [-0.15, -0.1) is 0 Å². The van der Waals surface area contributed by atoms with E-state index in [0.29, 0.717) is 0 Å². The first-order valence-electron chi connectivity index (χ1n) is 3.90. The van der Waals surface area contributed by atoms with Gasteiger partial charge in [-0.1, -0.05) is 20.8 Å². The molecule has 0 bridgehead atoms. The third kappa shape index (κ3) is 2.09. The van der Waals surface area contributed by atoms with E-state index < -0.39 is 0 Å². The number of thiophene rings is 1. The Morgan fingerprint density at radius 3 is 2.33 bits per heavy atom. The lowest BCUT2D eigenvalue weighted by atomic mass is 9.84. The monoisotopic (exact) mass is 247 g/mol. The zero-order valence-corrected chi connectivity index (χ0v) is 10.00. The van der Waals surface area contributed by atoms with E-state index in [2.05, 4.69) is 47.5 Å². The van der Waals surface area contributed by atoms with Gasteiger partial charge in [-0.25, -0.2) is 0 Å². The lowest BCUT2D eigenvalue weighted by Crippen LogP contribution is -2.25. The van der Waals surface area contributed by atoms with Crippen LogP contribution >= 0.6 is 27.3 Å². The van der Waals surface area contributed by atoms with Crippen LogP contribution in [0.5, 0.6) is 0 Å². The Morgan fingerprint density at radius 1 is 1.42 bits per heavy atom. The molecule has 0 radical (unpaired) electrons. The molecule has 3 heteroatoms. The second-order valence-corrected chi connectivity index (χ2v) is 5.62. The van der Waals surface area contributed by atoms with Crippen LogP contribution in [0.1, 0.15) is 32.4 Å². The second-order valence-electron chi connectivity index (χ2n) is 4.02. The van der Waals surface area contributed by atoms with Crippen LogP contribution in [0, 0.1) is 5.41 Å². The van der Waals surface area contributed by atoms with E-state index in [1.54, 1.807) is 11.3 Å². The Morgan fingerprint density at radius 2 is 2.00 bits per heavy atom. The molecular weight excluding hydrogens is 234 g/mol. The van der Waals surface area contributed by atoms with E-state index in [9.17, 15) is 0 Å². The van der Waals surface area contributed by atoms with Gasteiger partial charge in [0.25, 0.3) is 0 Å². The summed E-state index contributed by atoms with van der Waals surface area (Å²) in [5, 5.41) is 4.18. The Hall–Kier alpha value is 0.140. The molecule has 0 aromatic carbocycles. The van der Waals surface area contributed by atoms with E-state index in [1.807, 2.05) is 0 Å². The molecule has 0 saturated heterocycles. The Balaban J connectivity index is 2.92. The first-order chi connectivity index (χ1) is 5.43. The zero-order chi connectivity index (χ0) is 9.35. The maximum atomic E-state index is 6.09. The molecule has 0 aliphatic carbocycles. The minimum absolute atomic E-state index is 0.109. The normalized spacial score (nSPS) is 14.8. The van der Waals surface area contributed by atoms with Crippen molar-refractivity contribution < 1.29 is 0 Å². The maximum absolute atomic E-state index is 6.09. The quantitative estimate of drug-likeness (QED) is 0.808. The fraction of sp³-hybridized carbons (Fsp3) is 0.556. The van der Waals surface area contributed by atoms with Crippen LogP contribution in [-0.4, -0.2) is 0 Å². The average molecular weight is 248 g/mol. The van der Waals surface area contributed by atoms with Crippen LogP contribution in [0.2, 0.25) is 0 Å². The Bertz CT molecular complexity index is 262. The van der Waals surface area contributed by atoms with Crippen LogP contribution in [0.3, 0.4) is 0 Å². The van der Waals surface area contributed by atoms with Gasteiger partial charge >= 0.3 is 0 Å². The van der Waals surface area contributed by atoms with Crippen LogP contribution in [0.4, 0.5) is 0 Å². The summed E-state index contributed by atoms with van der Waals surface area (Å²) in [6.45, 7) is 6.46. The van der Waals surface area contributed by atoms with Gasteiger partial charge in [-0.2, -0.15) is 11.3 Å². The van der Waals surface area contributed by atoms with Gasteiger partial charge in [0, 0.05) is 15.9 Å². The van der Waals surface area contributed by atoms with Crippen molar-refractivity contribution in [1.82, 2.24) is 0 Å². The summed E-state index contributed by atoms with van der Waals surface area (Å²) in [4.78, 5) is 0. The molecule has 0 spiro atoms. The molecule has 1 rings (SSSR count). The minimum Gasteiger partial charge on any atom is -0.323 e. The number of hydrogen-bond acceptors (Lipinski definition) is 2. The van der Waals surface area contributed by atoms with E-state index in [4.69, 9.17) is 5.73 Å². The van der Waals surface area contributed by atoms with Crippen LogP contribution < -0.4 is 5.73 Å². The molecule has 0 amide bonds. The lowest BCUT2D eigenvalue weighted by Gasteiger charge is -2.26. The van der Waals surface area contributed by atoms with Crippen LogP contribution in [-0.2, 0) is 0 Å². The van der Waals surface area contributed by atoms with Gasteiger partial charge < -0.3 is 5.73 Å². The topological polar surface area (TPSA) is 26.0 Å². The first-order valence-corrected chi connectivity index (χ1v) is 5.63. The molecule has 1 nitrogen and oxygen atoms in total. The minimum atomic E-state index is 0.109. The molecule has 1 aromatic heterocycles. The van der Waals surface area contributed by atoms with Crippen molar-refractivity contribution in [2.45, 2.75) is 26.8 Å². The highest BCUT2D eigenvalue weighted by Gasteiger charge is 2.24. The third-order valence-corrected chi connectivity index (χ3v) is 3.66. The molecule has 1 unspecified atom stereocenters. The summed E-state index contributed by atoms with van der Waals surface area (Å²) in [7, 11) is 0. The fourth-order valence-electron chi connectivity index (χ4n) is 0.980. The Kier molecular flexibility index (Phi) is 2.97. The molecule has 0 fully saturated rings. The molecule has 1 aromatic rings. The number of halogens is 1. The molecule has 2 N–H and O–H groups in total. The second kappa shape index (κ2) is 3.48. The summed E-state index contributed by atoms with van der Waals surface area (Å²) in [5.41, 5.74) is 7.44. The van der Waals surface area contributed by atoms with Crippen molar-refractivity contribution in [3.63, 3.8) is 0 Å². The molecule has 0 aliphatic rings. The van der Waals surface area contributed by atoms with Crippen molar-refractivity contribution in [1.29, 1.82) is 0 Å². The van der Waals surface area contributed by atoms with Gasteiger partial charge in [0.1, 0.15) is 0 Å². The van der Waals surface area contributed by atoms with Gasteiger partial charge in [0.2, 0.25) is 0 Å². The zero-order valence-electron chi connectivity index (χ0n) is 7.60. The van der Waals surface area contributed by atoms with E-state index in [0.717, 1.165) is 4.47 Å². The predicted molar refractivity (Wildman–Crippen MR) is 58.4 cm³/mol. The van der Waals surface area contributed by atoms with Crippen LogP contribution in [0.15, 0.2) is 15.2 Å². The fourth-order valence-corrected chi connectivity index (χ4v) is 2.56. The molecule has 1 heterocycles. The van der Waals surface area contributed by atoms with Gasteiger partial charge in [0.15, 0.2) is 0 Å². The molecule has 12 heavy (non-hydrogen) atoms. The SMILES string of the molecule is CC(C)(C)C(N)c1cscc1Br. The lowest BCUT2D eigenvalue weighted by molar-refractivity contribution is 0.327. The molecule has 68 valence electrons. The molecule has 0 saturated carbocycles. The van der Waals surface area contributed by atoms with E-state index >= 15 is 0 Å². The first kappa shape index (κ1) is 10.2. The summed E-state index contributed by atoms with van der Waals surface area (Å²) < 4.78 is 1.13. The summed E-state index contributed by atoms with van der Waals surface area (Å²) in [6.07, 6.45) is 0. The molecule has 0 aliphatic heterocycles. The average Bonchev–Trinajstić information content (AvgIpc) is 2.31. The van der Waals surface area contributed by atoms with Crippen molar-refractivity contribution >= 4 is 27.3 Å². The highest BCUT2D eigenvalue weighted by molar-refractivity contribution is 9.10. The van der Waals surface area contributed by atoms with Crippen molar-refractivity contribution in [2.75, 3.05) is 0 Å². The maximum Gasteiger partial charge on any atom is 0.0363 e. The predicted octanol–water partition coefficient (Wildman–Crippen LogP) is 3.56. The smallest absolute Gasteiger partial charge is 0.0363 e. The van der Waals surface area contributed by atoms with E-state index in [-0.39, 0.29) is 11.5 Å². The number of nitrogens with two attached hydrogens (primary N) is 1. The van der Waals surface area contributed by atoms with Gasteiger partial charge in [-0.05, 0) is 32.3 Å². The number of hydrogen-bond donors (Lipinski definition) is 1. The Labute approximate surface area is 86.1 Å².